The lowest BCUT2D eigenvalue weighted by Gasteiger charge is -2.22. The van der Waals surface area contributed by atoms with Crippen LogP contribution in [0.1, 0.15) is 18.8 Å². The normalized spacial score (nSPS) is 13.3. The summed E-state index contributed by atoms with van der Waals surface area (Å²) in [4.78, 5) is 2.14. The summed E-state index contributed by atoms with van der Waals surface area (Å²) in [6.45, 7) is 4.98. The number of benzene rings is 1. The summed E-state index contributed by atoms with van der Waals surface area (Å²) >= 11 is 0. The lowest BCUT2D eigenvalue weighted by molar-refractivity contribution is 0.0802. The molecule has 19 heavy (non-hydrogen) atoms. The SMILES string of the molecule is CCN(CCOC)CC(O)c1cc2ccccc2o1. The highest BCUT2D eigenvalue weighted by Gasteiger charge is 2.16. The molecule has 1 N–H and O–H groups in total. The molecular formula is C15H21NO3. The molecule has 1 atom stereocenters. The number of furan rings is 1. The molecule has 1 aromatic carbocycles. The summed E-state index contributed by atoms with van der Waals surface area (Å²) in [6, 6.07) is 9.69. The van der Waals surface area contributed by atoms with Crippen molar-refractivity contribution in [1.82, 2.24) is 4.90 Å². The molecule has 104 valence electrons. The molecule has 0 saturated carbocycles. The second-order valence-corrected chi connectivity index (χ2v) is 4.59. The molecule has 2 aromatic rings. The summed E-state index contributed by atoms with van der Waals surface area (Å²) in [5, 5.41) is 11.3. The summed E-state index contributed by atoms with van der Waals surface area (Å²) < 4.78 is 10.7. The molecule has 0 radical (unpaired) electrons. The van der Waals surface area contributed by atoms with Gasteiger partial charge in [0.05, 0.1) is 6.61 Å². The fourth-order valence-corrected chi connectivity index (χ4v) is 2.10. The number of nitrogens with zero attached hydrogens (tertiary/aromatic N) is 1. The highest BCUT2D eigenvalue weighted by molar-refractivity contribution is 5.77. The molecule has 0 aliphatic rings. The van der Waals surface area contributed by atoms with Gasteiger partial charge in [0.25, 0.3) is 0 Å². The molecule has 0 fully saturated rings. The first-order valence-electron chi connectivity index (χ1n) is 6.62. The molecule has 4 heteroatoms. The first kappa shape index (κ1) is 14.1. The lowest BCUT2D eigenvalue weighted by atomic mass is 10.2. The Labute approximate surface area is 113 Å². The summed E-state index contributed by atoms with van der Waals surface area (Å²) in [5.41, 5.74) is 0.816. The van der Waals surface area contributed by atoms with E-state index in [0.29, 0.717) is 18.9 Å². The third-order valence-corrected chi connectivity index (χ3v) is 3.26. The van der Waals surface area contributed by atoms with Crippen LogP contribution >= 0.6 is 0 Å². The number of para-hydroxylation sites is 1. The van der Waals surface area contributed by atoms with Gasteiger partial charge in [0, 0.05) is 25.6 Å². The van der Waals surface area contributed by atoms with E-state index in [1.807, 2.05) is 30.3 Å². The van der Waals surface area contributed by atoms with Crippen LogP contribution in [0.3, 0.4) is 0 Å². The zero-order valence-corrected chi connectivity index (χ0v) is 11.5. The van der Waals surface area contributed by atoms with Gasteiger partial charge in [-0.25, -0.2) is 0 Å². The number of ether oxygens (including phenoxy) is 1. The maximum atomic E-state index is 10.2. The van der Waals surface area contributed by atoms with Crippen molar-refractivity contribution in [2.75, 3.05) is 33.4 Å². The third-order valence-electron chi connectivity index (χ3n) is 3.26. The van der Waals surface area contributed by atoms with E-state index < -0.39 is 6.10 Å². The molecule has 1 unspecified atom stereocenters. The second kappa shape index (κ2) is 6.70. The van der Waals surface area contributed by atoms with Gasteiger partial charge in [-0.3, -0.25) is 4.90 Å². The van der Waals surface area contributed by atoms with Crippen LogP contribution in [-0.4, -0.2) is 43.4 Å². The minimum absolute atomic E-state index is 0.555. The van der Waals surface area contributed by atoms with Crippen molar-refractivity contribution in [2.24, 2.45) is 0 Å². The fourth-order valence-electron chi connectivity index (χ4n) is 2.10. The van der Waals surface area contributed by atoms with E-state index in [9.17, 15) is 5.11 Å². The Kier molecular flexibility index (Phi) is 4.96. The van der Waals surface area contributed by atoms with E-state index in [0.717, 1.165) is 24.1 Å². The Morgan fingerprint density at radius 3 is 2.84 bits per heavy atom. The van der Waals surface area contributed by atoms with Crippen molar-refractivity contribution in [2.45, 2.75) is 13.0 Å². The predicted molar refractivity (Wildman–Crippen MR) is 75.2 cm³/mol. The standard InChI is InChI=1S/C15H21NO3/c1-3-16(8-9-18-2)11-13(17)15-10-12-6-4-5-7-14(12)19-15/h4-7,10,13,17H,3,8-9,11H2,1-2H3. The van der Waals surface area contributed by atoms with Crippen molar-refractivity contribution in [3.63, 3.8) is 0 Å². The van der Waals surface area contributed by atoms with Gasteiger partial charge in [-0.15, -0.1) is 0 Å². The Morgan fingerprint density at radius 1 is 1.37 bits per heavy atom. The van der Waals surface area contributed by atoms with Gasteiger partial charge in [0.2, 0.25) is 0 Å². The van der Waals surface area contributed by atoms with E-state index in [-0.39, 0.29) is 0 Å². The first-order chi connectivity index (χ1) is 9.24. The van der Waals surface area contributed by atoms with Crippen LogP contribution < -0.4 is 0 Å². The van der Waals surface area contributed by atoms with Gasteiger partial charge >= 0.3 is 0 Å². The lowest BCUT2D eigenvalue weighted by Crippen LogP contribution is -2.31. The van der Waals surface area contributed by atoms with Crippen molar-refractivity contribution < 1.29 is 14.3 Å². The monoisotopic (exact) mass is 263 g/mol. The van der Waals surface area contributed by atoms with Crippen molar-refractivity contribution in [3.05, 3.63) is 36.1 Å². The van der Waals surface area contributed by atoms with Gasteiger partial charge in [-0.1, -0.05) is 25.1 Å². The number of hydrogen-bond acceptors (Lipinski definition) is 4. The van der Waals surface area contributed by atoms with E-state index >= 15 is 0 Å². The van der Waals surface area contributed by atoms with Gasteiger partial charge in [-0.05, 0) is 18.7 Å². The number of methoxy groups -OCH3 is 1. The molecule has 4 nitrogen and oxygen atoms in total. The highest BCUT2D eigenvalue weighted by atomic mass is 16.5. The minimum Gasteiger partial charge on any atom is -0.458 e. The summed E-state index contributed by atoms with van der Waals surface area (Å²) in [7, 11) is 1.68. The Morgan fingerprint density at radius 2 is 2.16 bits per heavy atom. The summed E-state index contributed by atoms with van der Waals surface area (Å²) in [5.74, 6) is 0.622. The molecule has 0 saturated heterocycles. The quantitative estimate of drug-likeness (QED) is 0.833. The first-order valence-corrected chi connectivity index (χ1v) is 6.62. The van der Waals surface area contributed by atoms with Crippen molar-refractivity contribution >= 4 is 11.0 Å². The van der Waals surface area contributed by atoms with E-state index in [4.69, 9.17) is 9.15 Å². The maximum absolute atomic E-state index is 10.2. The molecule has 0 amide bonds. The number of rotatable bonds is 7. The van der Waals surface area contributed by atoms with E-state index in [2.05, 4.69) is 11.8 Å². The number of likely N-dealkylation sites (N-methyl/N-ethyl adjacent to an activating group) is 1. The predicted octanol–water partition coefficient (Wildman–Crippen LogP) is 2.43. The average Bonchev–Trinajstić information content (AvgIpc) is 2.87. The van der Waals surface area contributed by atoms with Gasteiger partial charge in [-0.2, -0.15) is 0 Å². The summed E-state index contributed by atoms with van der Waals surface area (Å²) in [6.07, 6.45) is -0.607. The maximum Gasteiger partial charge on any atom is 0.135 e. The molecule has 1 heterocycles. The van der Waals surface area contributed by atoms with Gasteiger partial charge < -0.3 is 14.3 Å². The van der Waals surface area contributed by atoms with Crippen LogP contribution in [0.5, 0.6) is 0 Å². The molecule has 0 aliphatic heterocycles. The van der Waals surface area contributed by atoms with Crippen LogP contribution in [-0.2, 0) is 4.74 Å². The van der Waals surface area contributed by atoms with Crippen LogP contribution in [0, 0.1) is 0 Å². The molecule has 0 bridgehead atoms. The van der Waals surface area contributed by atoms with Gasteiger partial charge in [0.15, 0.2) is 0 Å². The Bertz CT molecular complexity index is 476. The number of aliphatic hydroxyl groups excluding tert-OH is 1. The third kappa shape index (κ3) is 3.56. The van der Waals surface area contributed by atoms with Crippen molar-refractivity contribution in [1.29, 1.82) is 0 Å². The van der Waals surface area contributed by atoms with Crippen LogP contribution in [0.25, 0.3) is 11.0 Å². The fraction of sp³-hybridized carbons (Fsp3) is 0.467. The van der Waals surface area contributed by atoms with E-state index in [1.165, 1.54) is 0 Å². The molecular weight excluding hydrogens is 242 g/mol. The Hall–Kier alpha value is -1.36. The largest absolute Gasteiger partial charge is 0.458 e. The molecule has 2 rings (SSSR count). The minimum atomic E-state index is -0.607. The number of hydrogen-bond donors (Lipinski definition) is 1. The second-order valence-electron chi connectivity index (χ2n) is 4.59. The number of fused-ring (bicyclic) bond motifs is 1. The zero-order chi connectivity index (χ0) is 13.7. The van der Waals surface area contributed by atoms with Crippen LogP contribution in [0.15, 0.2) is 34.7 Å². The smallest absolute Gasteiger partial charge is 0.135 e. The van der Waals surface area contributed by atoms with Crippen molar-refractivity contribution in [3.8, 4) is 0 Å². The van der Waals surface area contributed by atoms with E-state index in [1.54, 1.807) is 7.11 Å². The number of aliphatic hydroxyl groups is 1. The molecule has 0 aliphatic carbocycles. The average molecular weight is 263 g/mol. The van der Waals surface area contributed by atoms with Gasteiger partial charge in [0.1, 0.15) is 17.4 Å². The van der Waals surface area contributed by atoms with Crippen LogP contribution in [0.2, 0.25) is 0 Å². The topological polar surface area (TPSA) is 45.8 Å². The highest BCUT2D eigenvalue weighted by Crippen LogP contribution is 2.24. The molecule has 1 aromatic heterocycles. The van der Waals surface area contributed by atoms with Crippen LogP contribution in [0.4, 0.5) is 0 Å². The Balaban J connectivity index is 2.03. The molecule has 0 spiro atoms. The zero-order valence-electron chi connectivity index (χ0n) is 11.5.